The van der Waals surface area contributed by atoms with Crippen LogP contribution in [0.15, 0.2) is 0 Å². The van der Waals surface area contributed by atoms with Crippen molar-refractivity contribution in [3.8, 4) is 0 Å². The van der Waals surface area contributed by atoms with Gasteiger partial charge < -0.3 is 10.2 Å². The van der Waals surface area contributed by atoms with Crippen LogP contribution in [0.25, 0.3) is 0 Å². The van der Waals surface area contributed by atoms with Gasteiger partial charge in [0, 0.05) is 19.6 Å². The highest BCUT2D eigenvalue weighted by Gasteiger charge is 2.41. The molecule has 1 N–H and O–H groups in total. The Morgan fingerprint density at radius 2 is 2.06 bits per heavy atom. The maximum absolute atomic E-state index is 12.5. The van der Waals surface area contributed by atoms with Gasteiger partial charge in [0.1, 0.15) is 0 Å². The van der Waals surface area contributed by atoms with E-state index in [4.69, 9.17) is 0 Å². The van der Waals surface area contributed by atoms with Gasteiger partial charge in [0.2, 0.25) is 0 Å². The molecule has 1 unspecified atom stereocenters. The van der Waals surface area contributed by atoms with E-state index >= 15 is 0 Å². The highest BCUT2D eigenvalue weighted by atomic mass is 19.4. The number of likely N-dealkylation sites (tertiary alicyclic amines) is 1. The van der Waals surface area contributed by atoms with Gasteiger partial charge in [0.25, 0.3) is 0 Å². The molecule has 96 valence electrons. The molecule has 0 aromatic rings. The molecule has 1 atom stereocenters. The Morgan fingerprint density at radius 3 is 2.69 bits per heavy atom. The maximum Gasteiger partial charge on any atom is 0.393 e. The molecule has 0 radical (unpaired) electrons. The molecule has 0 bridgehead atoms. The number of rotatable bonds is 5. The van der Waals surface area contributed by atoms with E-state index in [-0.39, 0.29) is 6.54 Å². The second-order valence-electron chi connectivity index (χ2n) is 4.43. The van der Waals surface area contributed by atoms with Crippen LogP contribution in [-0.2, 0) is 0 Å². The summed E-state index contributed by atoms with van der Waals surface area (Å²) < 4.78 is 37.5. The summed E-state index contributed by atoms with van der Waals surface area (Å²) in [5.41, 5.74) is 0. The van der Waals surface area contributed by atoms with Gasteiger partial charge in [0.15, 0.2) is 0 Å². The maximum atomic E-state index is 12.5. The van der Waals surface area contributed by atoms with Crippen molar-refractivity contribution in [3.05, 3.63) is 0 Å². The minimum absolute atomic E-state index is 0.178. The molecule has 0 amide bonds. The van der Waals surface area contributed by atoms with Crippen LogP contribution in [0.1, 0.15) is 26.2 Å². The van der Waals surface area contributed by atoms with Gasteiger partial charge in [-0.2, -0.15) is 13.2 Å². The molecule has 2 nitrogen and oxygen atoms in total. The first-order valence-corrected chi connectivity index (χ1v) is 6.04. The summed E-state index contributed by atoms with van der Waals surface area (Å²) in [4.78, 5) is 1.92. The Bertz CT molecular complexity index is 194. The van der Waals surface area contributed by atoms with E-state index < -0.39 is 12.1 Å². The number of piperidine rings is 1. The van der Waals surface area contributed by atoms with E-state index in [0.717, 1.165) is 32.6 Å². The van der Waals surface area contributed by atoms with Crippen molar-refractivity contribution < 1.29 is 13.2 Å². The summed E-state index contributed by atoms with van der Waals surface area (Å²) in [6.07, 6.45) is -2.00. The number of alkyl halides is 3. The van der Waals surface area contributed by atoms with Crippen LogP contribution >= 0.6 is 0 Å². The molecule has 0 aromatic carbocycles. The smallest absolute Gasteiger partial charge is 0.315 e. The molecule has 1 rings (SSSR count). The average molecular weight is 238 g/mol. The molecule has 1 saturated heterocycles. The zero-order chi connectivity index (χ0) is 12.0. The quantitative estimate of drug-likeness (QED) is 0.739. The SMILES string of the molecule is CCCNCCN1CCCC(C(F)(F)F)C1. The zero-order valence-electron chi connectivity index (χ0n) is 9.82. The van der Waals surface area contributed by atoms with E-state index in [1.54, 1.807) is 0 Å². The largest absolute Gasteiger partial charge is 0.393 e. The van der Waals surface area contributed by atoms with Gasteiger partial charge in [-0.3, -0.25) is 0 Å². The van der Waals surface area contributed by atoms with Crippen LogP contribution in [0.3, 0.4) is 0 Å². The van der Waals surface area contributed by atoms with Crippen molar-refractivity contribution >= 4 is 0 Å². The third-order valence-corrected chi connectivity index (χ3v) is 3.00. The van der Waals surface area contributed by atoms with Gasteiger partial charge >= 0.3 is 6.18 Å². The van der Waals surface area contributed by atoms with Gasteiger partial charge in [-0.15, -0.1) is 0 Å². The molecule has 0 aromatic heterocycles. The lowest BCUT2D eigenvalue weighted by Crippen LogP contribution is -2.44. The topological polar surface area (TPSA) is 15.3 Å². The number of halogens is 3. The highest BCUT2D eigenvalue weighted by molar-refractivity contribution is 4.78. The van der Waals surface area contributed by atoms with E-state index in [0.29, 0.717) is 12.8 Å². The Hall–Kier alpha value is -0.290. The third kappa shape index (κ3) is 4.70. The Kier molecular flexibility index (Phi) is 5.55. The van der Waals surface area contributed by atoms with Crippen molar-refractivity contribution in [3.63, 3.8) is 0 Å². The van der Waals surface area contributed by atoms with E-state index in [9.17, 15) is 13.2 Å². The highest BCUT2D eigenvalue weighted by Crippen LogP contribution is 2.32. The molecular weight excluding hydrogens is 217 g/mol. The standard InChI is InChI=1S/C11H21F3N2/c1-2-5-15-6-8-16-7-3-4-10(9-16)11(12,13)14/h10,15H,2-9H2,1H3. The molecule has 1 fully saturated rings. The van der Waals surface area contributed by atoms with E-state index in [1.165, 1.54) is 0 Å². The molecule has 1 aliphatic heterocycles. The summed E-state index contributed by atoms with van der Waals surface area (Å²) in [5.74, 6) is -1.12. The fourth-order valence-electron chi connectivity index (χ4n) is 2.06. The molecule has 1 heterocycles. The monoisotopic (exact) mass is 238 g/mol. The number of hydrogen-bond donors (Lipinski definition) is 1. The predicted octanol–water partition coefficient (Wildman–Crippen LogP) is 2.26. The Balaban J connectivity index is 2.23. The van der Waals surface area contributed by atoms with Crippen LogP contribution in [0.5, 0.6) is 0 Å². The minimum Gasteiger partial charge on any atom is -0.315 e. The average Bonchev–Trinajstić information content (AvgIpc) is 2.24. The molecule has 5 heteroatoms. The summed E-state index contributed by atoms with van der Waals surface area (Å²) >= 11 is 0. The van der Waals surface area contributed by atoms with Crippen LogP contribution in [-0.4, -0.2) is 43.8 Å². The third-order valence-electron chi connectivity index (χ3n) is 3.00. The zero-order valence-corrected chi connectivity index (χ0v) is 9.82. The Morgan fingerprint density at radius 1 is 1.31 bits per heavy atom. The molecular formula is C11H21F3N2. The lowest BCUT2D eigenvalue weighted by atomic mass is 9.97. The first-order chi connectivity index (χ1) is 7.54. The summed E-state index contributed by atoms with van der Waals surface area (Å²) in [5, 5.41) is 3.21. The summed E-state index contributed by atoms with van der Waals surface area (Å²) in [7, 11) is 0. The minimum atomic E-state index is -4.02. The second kappa shape index (κ2) is 6.45. The number of hydrogen-bond acceptors (Lipinski definition) is 2. The van der Waals surface area contributed by atoms with Crippen LogP contribution in [0, 0.1) is 5.92 Å². The normalized spacial score (nSPS) is 23.6. The fraction of sp³-hybridized carbons (Fsp3) is 1.00. The first kappa shape index (κ1) is 13.8. The van der Waals surface area contributed by atoms with Crippen molar-refractivity contribution in [1.29, 1.82) is 0 Å². The lowest BCUT2D eigenvalue weighted by Gasteiger charge is -2.33. The van der Waals surface area contributed by atoms with Crippen molar-refractivity contribution in [2.24, 2.45) is 5.92 Å². The van der Waals surface area contributed by atoms with Crippen molar-refractivity contribution in [1.82, 2.24) is 10.2 Å². The fourth-order valence-corrected chi connectivity index (χ4v) is 2.06. The number of nitrogens with zero attached hydrogens (tertiary/aromatic N) is 1. The van der Waals surface area contributed by atoms with Crippen LogP contribution in [0.4, 0.5) is 13.2 Å². The molecule has 0 spiro atoms. The Labute approximate surface area is 95.2 Å². The molecule has 16 heavy (non-hydrogen) atoms. The van der Waals surface area contributed by atoms with E-state index in [2.05, 4.69) is 12.2 Å². The van der Waals surface area contributed by atoms with Gasteiger partial charge in [-0.1, -0.05) is 6.92 Å². The summed E-state index contributed by atoms with van der Waals surface area (Å²) in [6, 6.07) is 0. The van der Waals surface area contributed by atoms with Crippen LogP contribution < -0.4 is 5.32 Å². The number of nitrogens with one attached hydrogen (secondary N) is 1. The molecule has 0 saturated carbocycles. The first-order valence-electron chi connectivity index (χ1n) is 6.04. The van der Waals surface area contributed by atoms with Crippen LogP contribution in [0.2, 0.25) is 0 Å². The van der Waals surface area contributed by atoms with Gasteiger partial charge in [-0.05, 0) is 32.4 Å². The molecule has 1 aliphatic rings. The van der Waals surface area contributed by atoms with E-state index in [1.807, 2.05) is 4.90 Å². The lowest BCUT2D eigenvalue weighted by molar-refractivity contribution is -0.186. The van der Waals surface area contributed by atoms with Crippen molar-refractivity contribution in [2.45, 2.75) is 32.4 Å². The molecule has 0 aliphatic carbocycles. The summed E-state index contributed by atoms with van der Waals surface area (Å²) in [6.45, 7) is 5.52. The van der Waals surface area contributed by atoms with Gasteiger partial charge in [0.05, 0.1) is 5.92 Å². The predicted molar refractivity (Wildman–Crippen MR) is 58.4 cm³/mol. The van der Waals surface area contributed by atoms with Gasteiger partial charge in [-0.25, -0.2) is 0 Å². The van der Waals surface area contributed by atoms with Crippen molar-refractivity contribution in [2.75, 3.05) is 32.7 Å². The second-order valence-corrected chi connectivity index (χ2v) is 4.43.